The quantitative estimate of drug-likeness (QED) is 0.748. The molecule has 1 aromatic heterocycles. The molecule has 1 aliphatic heterocycles. The average molecular weight is 361 g/mol. The standard InChI is InChI=1S/C21H23N5O/c22-13-15-8-10-17(11-9-15)21(27)26-12-4-7-18(14-26)20-23-19(24-25-20)16-5-2-1-3-6-16/h1-3,5-6,8-11,18H,4,7,12-14,22H2,(H,23,24,25). The predicted octanol–water partition coefficient (Wildman–Crippen LogP) is 2.95. The topological polar surface area (TPSA) is 87.9 Å². The van der Waals surface area contributed by atoms with Gasteiger partial charge >= 0.3 is 0 Å². The highest BCUT2D eigenvalue weighted by Gasteiger charge is 2.27. The van der Waals surface area contributed by atoms with Crippen LogP contribution in [0, 0.1) is 0 Å². The molecule has 138 valence electrons. The molecular formula is C21H23N5O. The number of hydrogen-bond donors (Lipinski definition) is 2. The summed E-state index contributed by atoms with van der Waals surface area (Å²) >= 11 is 0. The minimum atomic E-state index is 0.0612. The molecule has 0 spiro atoms. The fourth-order valence-corrected chi connectivity index (χ4v) is 3.52. The van der Waals surface area contributed by atoms with Crippen molar-refractivity contribution in [2.75, 3.05) is 13.1 Å². The van der Waals surface area contributed by atoms with Gasteiger partial charge in [-0.25, -0.2) is 4.98 Å². The number of amides is 1. The maximum atomic E-state index is 12.9. The Morgan fingerprint density at radius 1 is 1.15 bits per heavy atom. The third-order valence-corrected chi connectivity index (χ3v) is 5.07. The van der Waals surface area contributed by atoms with Gasteiger partial charge in [0.15, 0.2) is 5.82 Å². The van der Waals surface area contributed by atoms with Gasteiger partial charge in [0.1, 0.15) is 5.82 Å². The monoisotopic (exact) mass is 361 g/mol. The van der Waals surface area contributed by atoms with Crippen molar-refractivity contribution in [1.29, 1.82) is 0 Å². The van der Waals surface area contributed by atoms with Crippen LogP contribution in [0.4, 0.5) is 0 Å². The number of likely N-dealkylation sites (tertiary alicyclic amines) is 1. The fraction of sp³-hybridized carbons (Fsp3) is 0.286. The second kappa shape index (κ2) is 7.72. The molecule has 0 radical (unpaired) electrons. The molecule has 3 aromatic rings. The van der Waals surface area contributed by atoms with E-state index in [0.29, 0.717) is 24.5 Å². The Balaban J connectivity index is 1.48. The summed E-state index contributed by atoms with van der Waals surface area (Å²) < 4.78 is 0. The van der Waals surface area contributed by atoms with Gasteiger partial charge in [-0.2, -0.15) is 5.10 Å². The largest absolute Gasteiger partial charge is 0.338 e. The first-order valence-corrected chi connectivity index (χ1v) is 9.30. The van der Waals surface area contributed by atoms with Gasteiger partial charge in [-0.05, 0) is 30.5 Å². The molecule has 0 saturated carbocycles. The second-order valence-electron chi connectivity index (χ2n) is 6.90. The smallest absolute Gasteiger partial charge is 0.253 e. The molecule has 1 amide bonds. The molecule has 0 aliphatic carbocycles. The van der Waals surface area contributed by atoms with Gasteiger partial charge in [-0.15, -0.1) is 0 Å². The first kappa shape index (κ1) is 17.4. The number of carbonyl (C=O) groups is 1. The van der Waals surface area contributed by atoms with Gasteiger partial charge in [0.05, 0.1) is 0 Å². The van der Waals surface area contributed by atoms with Crippen LogP contribution < -0.4 is 5.73 Å². The summed E-state index contributed by atoms with van der Waals surface area (Å²) in [5.41, 5.74) is 8.35. The Kier molecular flexibility index (Phi) is 4.98. The lowest BCUT2D eigenvalue weighted by molar-refractivity contribution is 0.0704. The zero-order valence-electron chi connectivity index (χ0n) is 15.1. The highest BCUT2D eigenvalue weighted by molar-refractivity contribution is 5.94. The molecule has 1 saturated heterocycles. The van der Waals surface area contributed by atoms with Crippen LogP contribution in [-0.2, 0) is 6.54 Å². The maximum absolute atomic E-state index is 12.9. The van der Waals surface area contributed by atoms with E-state index in [9.17, 15) is 4.79 Å². The van der Waals surface area contributed by atoms with Gasteiger partial charge in [-0.1, -0.05) is 42.5 Å². The molecular weight excluding hydrogens is 338 g/mol. The Hall–Kier alpha value is -2.99. The maximum Gasteiger partial charge on any atom is 0.253 e. The van der Waals surface area contributed by atoms with E-state index in [-0.39, 0.29) is 11.8 Å². The Morgan fingerprint density at radius 3 is 2.67 bits per heavy atom. The van der Waals surface area contributed by atoms with E-state index >= 15 is 0 Å². The van der Waals surface area contributed by atoms with Gasteiger partial charge in [-0.3, -0.25) is 9.89 Å². The molecule has 1 fully saturated rings. The van der Waals surface area contributed by atoms with Crippen molar-refractivity contribution in [3.8, 4) is 11.4 Å². The van der Waals surface area contributed by atoms with E-state index in [1.165, 1.54) is 0 Å². The molecule has 1 aliphatic rings. The minimum absolute atomic E-state index is 0.0612. The zero-order valence-corrected chi connectivity index (χ0v) is 15.1. The highest BCUT2D eigenvalue weighted by Crippen LogP contribution is 2.27. The van der Waals surface area contributed by atoms with Gasteiger partial charge < -0.3 is 10.6 Å². The lowest BCUT2D eigenvalue weighted by atomic mass is 9.96. The van der Waals surface area contributed by atoms with Gasteiger partial charge in [0, 0.05) is 36.7 Å². The molecule has 2 heterocycles. The summed E-state index contributed by atoms with van der Waals surface area (Å²) in [7, 11) is 0. The fourth-order valence-electron chi connectivity index (χ4n) is 3.52. The van der Waals surface area contributed by atoms with Crippen LogP contribution in [0.25, 0.3) is 11.4 Å². The Labute approximate surface area is 158 Å². The summed E-state index contributed by atoms with van der Waals surface area (Å²) in [6.45, 7) is 1.91. The van der Waals surface area contributed by atoms with E-state index in [0.717, 1.165) is 36.3 Å². The average Bonchev–Trinajstić information content (AvgIpc) is 3.24. The third-order valence-electron chi connectivity index (χ3n) is 5.07. The minimum Gasteiger partial charge on any atom is -0.338 e. The van der Waals surface area contributed by atoms with Crippen LogP contribution in [0.15, 0.2) is 54.6 Å². The van der Waals surface area contributed by atoms with Crippen molar-refractivity contribution in [1.82, 2.24) is 20.1 Å². The number of H-pyrrole nitrogens is 1. The molecule has 6 nitrogen and oxygen atoms in total. The van der Waals surface area contributed by atoms with E-state index in [2.05, 4.69) is 15.2 Å². The predicted molar refractivity (Wildman–Crippen MR) is 104 cm³/mol. The van der Waals surface area contributed by atoms with Crippen molar-refractivity contribution in [2.24, 2.45) is 5.73 Å². The SMILES string of the molecule is NCc1ccc(C(=O)N2CCCC(c3nc(-c4ccccc4)n[nH]3)C2)cc1. The van der Waals surface area contributed by atoms with Crippen LogP contribution in [0.2, 0.25) is 0 Å². The van der Waals surface area contributed by atoms with Crippen LogP contribution in [0.5, 0.6) is 0 Å². The normalized spacial score (nSPS) is 17.1. The molecule has 3 N–H and O–H groups in total. The number of nitrogens with one attached hydrogen (secondary N) is 1. The van der Waals surface area contributed by atoms with E-state index in [4.69, 9.17) is 5.73 Å². The Morgan fingerprint density at radius 2 is 1.93 bits per heavy atom. The van der Waals surface area contributed by atoms with Crippen molar-refractivity contribution in [3.05, 3.63) is 71.5 Å². The lowest BCUT2D eigenvalue weighted by Crippen LogP contribution is -2.39. The molecule has 2 aromatic carbocycles. The number of benzene rings is 2. The molecule has 6 heteroatoms. The van der Waals surface area contributed by atoms with Crippen LogP contribution in [-0.4, -0.2) is 39.1 Å². The Bertz CT molecular complexity index is 904. The van der Waals surface area contributed by atoms with E-state index in [1.54, 1.807) is 0 Å². The number of rotatable bonds is 4. The number of hydrogen-bond acceptors (Lipinski definition) is 4. The van der Waals surface area contributed by atoms with Crippen molar-refractivity contribution >= 4 is 5.91 Å². The number of nitrogens with zero attached hydrogens (tertiary/aromatic N) is 3. The number of carbonyl (C=O) groups excluding carboxylic acids is 1. The molecule has 27 heavy (non-hydrogen) atoms. The number of aromatic amines is 1. The molecule has 0 bridgehead atoms. The van der Waals surface area contributed by atoms with Crippen LogP contribution in [0.3, 0.4) is 0 Å². The summed E-state index contributed by atoms with van der Waals surface area (Å²) in [6.07, 6.45) is 1.96. The van der Waals surface area contributed by atoms with Crippen molar-refractivity contribution in [3.63, 3.8) is 0 Å². The number of aromatic nitrogens is 3. The number of piperidine rings is 1. The molecule has 4 rings (SSSR count). The van der Waals surface area contributed by atoms with Crippen LogP contribution >= 0.6 is 0 Å². The van der Waals surface area contributed by atoms with Crippen LogP contribution in [0.1, 0.15) is 40.5 Å². The summed E-state index contributed by atoms with van der Waals surface area (Å²) in [5.74, 6) is 1.79. The lowest BCUT2D eigenvalue weighted by Gasteiger charge is -2.31. The first-order chi connectivity index (χ1) is 13.2. The van der Waals surface area contributed by atoms with Gasteiger partial charge in [0.25, 0.3) is 5.91 Å². The third kappa shape index (κ3) is 3.75. The zero-order chi connectivity index (χ0) is 18.6. The summed E-state index contributed by atoms with van der Waals surface area (Å²) in [5, 5.41) is 7.43. The van der Waals surface area contributed by atoms with Crippen molar-refractivity contribution < 1.29 is 4.79 Å². The summed E-state index contributed by atoms with van der Waals surface area (Å²) in [6, 6.07) is 17.5. The van der Waals surface area contributed by atoms with E-state index < -0.39 is 0 Å². The highest BCUT2D eigenvalue weighted by atomic mass is 16.2. The molecule has 1 atom stereocenters. The van der Waals surface area contributed by atoms with Crippen molar-refractivity contribution in [2.45, 2.75) is 25.3 Å². The molecule has 1 unspecified atom stereocenters. The number of nitrogens with two attached hydrogens (primary N) is 1. The second-order valence-corrected chi connectivity index (χ2v) is 6.90. The van der Waals surface area contributed by atoms with E-state index in [1.807, 2.05) is 59.5 Å². The van der Waals surface area contributed by atoms with Gasteiger partial charge in [0.2, 0.25) is 0 Å². The first-order valence-electron chi connectivity index (χ1n) is 9.30. The summed E-state index contributed by atoms with van der Waals surface area (Å²) in [4.78, 5) is 19.4.